The zero-order valence-electron chi connectivity index (χ0n) is 46.9. The highest BCUT2D eigenvalue weighted by Crippen LogP contribution is 2.60. The van der Waals surface area contributed by atoms with Crippen LogP contribution in [-0.2, 0) is 0 Å². The highest BCUT2D eigenvalue weighted by molar-refractivity contribution is 6.29. The fourth-order valence-corrected chi connectivity index (χ4v) is 20.5. The minimum atomic E-state index is -0.394. The number of hydrogen-bond donors (Lipinski definition) is 0. The number of nitrogens with zero attached hydrogens (tertiary/aromatic N) is 4. The summed E-state index contributed by atoms with van der Waals surface area (Å²) in [4.78, 5) is 31.2. The maximum Gasteiger partial charge on any atom is 0.175 e. The second-order valence-electron chi connectivity index (χ2n) is 27.0. The third kappa shape index (κ3) is 5.12. The zero-order valence-corrected chi connectivity index (χ0v) is 46.9. The first-order valence-corrected chi connectivity index (χ1v) is 31.4. The Morgan fingerprint density at radius 1 is 0.326 bits per heavy atom. The molecule has 6 nitrogen and oxygen atoms in total. The monoisotopic (exact) mass is 1100 g/mol. The predicted molar refractivity (Wildman–Crippen MR) is 339 cm³/mol. The Morgan fingerprint density at radius 2 is 0.640 bits per heavy atom. The fraction of sp³-hybridized carbons (Fsp3) is 0.200. The summed E-state index contributed by atoms with van der Waals surface area (Å²) >= 11 is 0. The average molecular weight is 1100 g/mol. The van der Waals surface area contributed by atoms with E-state index in [-0.39, 0.29) is 23.4 Å². The molecule has 0 radical (unpaired) electrons. The van der Waals surface area contributed by atoms with Gasteiger partial charge in [0.1, 0.15) is 0 Å². The van der Waals surface area contributed by atoms with E-state index in [2.05, 4.69) is 179 Å². The van der Waals surface area contributed by atoms with Gasteiger partial charge >= 0.3 is 0 Å². The van der Waals surface area contributed by atoms with Crippen LogP contribution in [0.4, 0.5) is 0 Å². The second kappa shape index (κ2) is 15.3. The molecule has 8 bridgehead atoms. The molecule has 86 heavy (non-hydrogen) atoms. The Balaban J connectivity index is 0.887. The molecule has 0 saturated heterocycles. The van der Waals surface area contributed by atoms with Gasteiger partial charge in [0, 0.05) is 66.1 Å². The summed E-state index contributed by atoms with van der Waals surface area (Å²) < 4.78 is 4.89. The van der Waals surface area contributed by atoms with E-state index in [1.807, 2.05) is 0 Å². The summed E-state index contributed by atoms with van der Waals surface area (Å²) in [6.45, 7) is 0. The molecule has 2 fully saturated rings. The van der Waals surface area contributed by atoms with E-state index >= 15 is 9.59 Å². The highest BCUT2D eigenvalue weighted by atomic mass is 16.1. The Labute approximate surface area is 493 Å². The normalized spacial score (nSPS) is 23.2. The van der Waals surface area contributed by atoms with Crippen molar-refractivity contribution in [2.24, 2.45) is 0 Å². The molecule has 0 spiro atoms. The number of carbonyl (C=O) groups excluding carboxylic acids is 2. The molecule has 2 saturated carbocycles. The smallest absolute Gasteiger partial charge is 0.175 e. The highest BCUT2D eigenvalue weighted by Gasteiger charge is 2.46. The minimum absolute atomic E-state index is 0.109. The Hall–Kier alpha value is -9.88. The van der Waals surface area contributed by atoms with Crippen LogP contribution in [-0.4, -0.2) is 20.4 Å². The molecule has 14 aromatic rings. The molecule has 402 valence electrons. The Kier molecular flexibility index (Phi) is 8.11. The van der Waals surface area contributed by atoms with Crippen LogP contribution in [0.5, 0.6) is 0 Å². The number of carbonyl (C=O) groups is 2. The van der Waals surface area contributed by atoms with Gasteiger partial charge in [-0.2, -0.15) is 10.5 Å². The van der Waals surface area contributed by atoms with Crippen molar-refractivity contribution in [2.45, 2.75) is 98.7 Å². The number of aromatic nitrogens is 2. The molecule has 6 heteroatoms. The molecule has 4 aromatic heterocycles. The van der Waals surface area contributed by atoms with Crippen molar-refractivity contribution in [1.29, 1.82) is 10.5 Å². The summed E-state index contributed by atoms with van der Waals surface area (Å²) in [6.07, 6.45) is 8.98. The van der Waals surface area contributed by atoms with Gasteiger partial charge in [-0.1, -0.05) is 97.1 Å². The van der Waals surface area contributed by atoms with E-state index in [1.165, 1.54) is 66.1 Å². The van der Waals surface area contributed by atoms with Gasteiger partial charge in [-0.3, -0.25) is 9.59 Å². The van der Waals surface area contributed by atoms with Crippen LogP contribution in [0.15, 0.2) is 158 Å². The van der Waals surface area contributed by atoms with E-state index in [1.54, 1.807) is 0 Å². The summed E-state index contributed by atoms with van der Waals surface area (Å²) in [5.74, 6) is 0.753. The fourth-order valence-electron chi connectivity index (χ4n) is 20.5. The SMILES string of the molecule is N#Cc1cc2c(c3c1C1CCC3CC1)c1cc(-c3cc4c5cc6c(cc5n5c7cc(C#N)c8c(c7c(c3)c45)C3CCC8CC3)C(=O)C3c4ccccc4C6c4ccccc43)cc3c4cc5c(cc4n2c31)C(=O)C1c2ccccc2C5c2ccccc21. The molecule has 0 N–H and O–H groups in total. The molecule has 12 aliphatic carbocycles. The van der Waals surface area contributed by atoms with Gasteiger partial charge in [0.15, 0.2) is 11.6 Å². The van der Waals surface area contributed by atoms with E-state index < -0.39 is 11.8 Å². The van der Waals surface area contributed by atoms with Crippen LogP contribution in [0, 0.1) is 22.7 Å². The molecule has 0 aliphatic heterocycles. The lowest BCUT2D eigenvalue weighted by molar-refractivity contribution is 0.0966. The molecule has 26 rings (SSSR count). The maximum atomic E-state index is 15.6. The summed E-state index contributed by atoms with van der Waals surface area (Å²) in [5.41, 5.74) is 28.5. The summed E-state index contributed by atoms with van der Waals surface area (Å²) in [5, 5.41) is 31.8. The number of fused-ring (bicyclic) bond motifs is 16. The number of rotatable bonds is 1. The van der Waals surface area contributed by atoms with Crippen molar-refractivity contribution < 1.29 is 9.59 Å². The van der Waals surface area contributed by atoms with Crippen molar-refractivity contribution in [3.05, 3.63) is 258 Å². The van der Waals surface area contributed by atoms with Gasteiger partial charge in [-0.25, -0.2) is 0 Å². The van der Waals surface area contributed by atoms with Crippen molar-refractivity contribution in [2.75, 3.05) is 0 Å². The van der Waals surface area contributed by atoms with Crippen molar-refractivity contribution in [3.63, 3.8) is 0 Å². The van der Waals surface area contributed by atoms with E-state index in [0.29, 0.717) is 23.7 Å². The molecular formula is C80H50N4O2. The standard InChI is InChI=1S/C80H50N4O2/c81-35-43-29-65-75(69-39-21-17-37(18-22-39)67(43)69)61-27-41(25-57-53-31-55-59(33-63(53)83(65)77(57)61)79(85)73-49-13-5-1-9-45(49)71(55)46-10-2-6-14-50(46)73)42-26-58-54-32-56-60(80(86)74-51-15-7-3-11-47(51)72(56)48-12-4-8-16-52(48)74)34-64(54)84-66-30-44(36-82)68-38-19-23-40(24-20-38)70(68)76(66)62(28-42)78(58)84/h1-16,25-34,37-40,71-74H,17-24H2. The number of ketones is 2. The van der Waals surface area contributed by atoms with Crippen LogP contribution in [0.1, 0.15) is 208 Å². The van der Waals surface area contributed by atoms with Crippen LogP contribution in [0.3, 0.4) is 0 Å². The van der Waals surface area contributed by atoms with Gasteiger partial charge in [0.2, 0.25) is 0 Å². The van der Waals surface area contributed by atoms with Gasteiger partial charge < -0.3 is 8.80 Å². The van der Waals surface area contributed by atoms with E-state index in [0.717, 1.165) is 173 Å². The number of nitriles is 2. The van der Waals surface area contributed by atoms with Gasteiger partial charge in [-0.15, -0.1) is 0 Å². The number of benzene rings is 10. The molecule has 12 aliphatic rings. The van der Waals surface area contributed by atoms with Crippen molar-refractivity contribution in [1.82, 2.24) is 8.80 Å². The topological polar surface area (TPSA) is 90.5 Å². The van der Waals surface area contributed by atoms with Crippen LogP contribution in [0.25, 0.3) is 87.3 Å². The van der Waals surface area contributed by atoms with E-state index in [9.17, 15) is 10.5 Å². The van der Waals surface area contributed by atoms with Gasteiger partial charge in [-0.05, 0) is 225 Å². The van der Waals surface area contributed by atoms with Gasteiger partial charge in [0.25, 0.3) is 0 Å². The first-order valence-electron chi connectivity index (χ1n) is 31.4. The summed E-state index contributed by atoms with van der Waals surface area (Å²) in [6, 6.07) is 63.5. The molecule has 10 aromatic carbocycles. The third-order valence-electron chi connectivity index (χ3n) is 23.7. The lowest BCUT2D eigenvalue weighted by Gasteiger charge is -2.39. The zero-order chi connectivity index (χ0) is 56.0. The minimum Gasteiger partial charge on any atom is -0.308 e. The summed E-state index contributed by atoms with van der Waals surface area (Å²) in [7, 11) is 0. The Morgan fingerprint density at radius 3 is 0.977 bits per heavy atom. The van der Waals surface area contributed by atoms with Crippen molar-refractivity contribution >= 4 is 87.8 Å². The quantitative estimate of drug-likeness (QED) is 0.164. The first kappa shape index (κ1) is 45.5. The van der Waals surface area contributed by atoms with Gasteiger partial charge in [0.05, 0.1) is 68.2 Å². The van der Waals surface area contributed by atoms with E-state index in [4.69, 9.17) is 0 Å². The average Bonchev–Trinajstić information content (AvgIpc) is 1.56. The molecule has 0 unspecified atom stereocenters. The molecular weight excluding hydrogens is 1050 g/mol. The lowest BCUT2D eigenvalue weighted by atomic mass is 9.65. The van der Waals surface area contributed by atoms with Crippen LogP contribution < -0.4 is 0 Å². The number of hydrogen-bond acceptors (Lipinski definition) is 4. The maximum absolute atomic E-state index is 15.6. The van der Waals surface area contributed by atoms with Crippen LogP contribution >= 0.6 is 0 Å². The third-order valence-corrected chi connectivity index (χ3v) is 23.7. The number of Topliss-reactive ketones (excluding diaryl/α,β-unsaturated/α-hetero) is 2. The lowest BCUT2D eigenvalue weighted by Crippen LogP contribution is -2.23. The van der Waals surface area contributed by atoms with Crippen LogP contribution in [0.2, 0.25) is 0 Å². The molecule has 0 atom stereocenters. The largest absolute Gasteiger partial charge is 0.308 e. The second-order valence-corrected chi connectivity index (χ2v) is 27.0. The first-order chi connectivity index (χ1) is 42.4. The predicted octanol–water partition coefficient (Wildman–Crippen LogP) is 18.6. The Bertz CT molecular complexity index is 5290. The molecule has 0 amide bonds. The molecule has 4 heterocycles. The van der Waals surface area contributed by atoms with Crippen molar-refractivity contribution in [3.8, 4) is 23.3 Å².